The number of hydrogen-bond donors (Lipinski definition) is 0. The summed E-state index contributed by atoms with van der Waals surface area (Å²) >= 11 is 0. The Morgan fingerprint density at radius 3 is 2.33 bits per heavy atom. The van der Waals surface area contributed by atoms with Gasteiger partial charge in [-0.3, -0.25) is 0 Å². The summed E-state index contributed by atoms with van der Waals surface area (Å²) < 4.78 is 0. The molecule has 0 spiro atoms. The summed E-state index contributed by atoms with van der Waals surface area (Å²) in [6, 6.07) is 0. The smallest absolute Gasteiger partial charge is 0.0269 e. The van der Waals surface area contributed by atoms with Crippen LogP contribution < -0.4 is 0 Å². The molecular formula is C12H25. The van der Waals surface area contributed by atoms with Crippen LogP contribution in [0.25, 0.3) is 0 Å². The highest BCUT2D eigenvalue weighted by Gasteiger charge is 2.07. The Morgan fingerprint density at radius 2 is 1.83 bits per heavy atom. The highest BCUT2D eigenvalue weighted by molar-refractivity contribution is 4.85. The van der Waals surface area contributed by atoms with Gasteiger partial charge < -0.3 is 0 Å². The van der Waals surface area contributed by atoms with Gasteiger partial charge in [0.15, 0.2) is 0 Å². The van der Waals surface area contributed by atoms with Crippen LogP contribution in [0.1, 0.15) is 66.2 Å². The molecule has 0 heterocycles. The molecule has 0 bridgehead atoms. The van der Waals surface area contributed by atoms with Crippen molar-refractivity contribution in [3.05, 3.63) is 5.92 Å². The molecule has 1 radical (unpaired) electrons. The van der Waals surface area contributed by atoms with Crippen LogP contribution >= 0.6 is 0 Å². The summed E-state index contributed by atoms with van der Waals surface area (Å²) in [6.07, 6.45) is 8.15. The maximum atomic E-state index is 2.37. The third-order valence-corrected chi connectivity index (χ3v) is 2.44. The fourth-order valence-electron chi connectivity index (χ4n) is 1.77. The lowest BCUT2D eigenvalue weighted by molar-refractivity contribution is 0.478. The highest BCUT2D eigenvalue weighted by Crippen LogP contribution is 2.22. The van der Waals surface area contributed by atoms with Gasteiger partial charge in [-0.2, -0.15) is 0 Å². The van der Waals surface area contributed by atoms with Gasteiger partial charge in [0, 0.05) is 0 Å². The molecule has 0 rings (SSSR count). The Labute approximate surface area is 78.8 Å². The molecular weight excluding hydrogens is 144 g/mol. The van der Waals surface area contributed by atoms with Gasteiger partial charge in [0.25, 0.3) is 0 Å². The van der Waals surface area contributed by atoms with Crippen LogP contribution in [0.4, 0.5) is 0 Å². The topological polar surface area (TPSA) is 0 Å². The van der Waals surface area contributed by atoms with Crippen molar-refractivity contribution >= 4 is 0 Å². The fourth-order valence-corrected chi connectivity index (χ4v) is 1.77. The molecule has 0 aliphatic carbocycles. The van der Waals surface area contributed by atoms with Gasteiger partial charge in [0.05, 0.1) is 0 Å². The largest absolute Gasteiger partial charge is 0.0654 e. The van der Waals surface area contributed by atoms with E-state index in [2.05, 4.69) is 27.7 Å². The van der Waals surface area contributed by atoms with Crippen LogP contribution in [0.15, 0.2) is 0 Å². The van der Waals surface area contributed by atoms with Crippen molar-refractivity contribution in [2.24, 2.45) is 5.92 Å². The molecule has 0 amide bonds. The zero-order chi connectivity index (χ0) is 9.40. The molecule has 12 heavy (non-hydrogen) atoms. The molecule has 0 aliphatic heterocycles. The lowest BCUT2D eigenvalue weighted by atomic mass is 9.91. The van der Waals surface area contributed by atoms with Gasteiger partial charge in [0.2, 0.25) is 0 Å². The predicted molar refractivity (Wildman–Crippen MR) is 57.1 cm³/mol. The van der Waals surface area contributed by atoms with Gasteiger partial charge >= 0.3 is 0 Å². The standard InChI is InChI=1S/C12H25/c1-5-7-9-12(4)10-11(3)8-6-2/h11H,5-10H2,1-4H3. The highest BCUT2D eigenvalue weighted by atomic mass is 14.1. The zero-order valence-electron chi connectivity index (χ0n) is 9.32. The van der Waals surface area contributed by atoms with Crippen molar-refractivity contribution in [1.29, 1.82) is 0 Å². The average Bonchev–Trinajstić information content (AvgIpc) is 2.01. The summed E-state index contributed by atoms with van der Waals surface area (Å²) in [5.74, 6) is 2.62. The van der Waals surface area contributed by atoms with E-state index in [1.165, 1.54) is 38.5 Å². The minimum Gasteiger partial charge on any atom is -0.0654 e. The Balaban J connectivity index is 3.33. The first kappa shape index (κ1) is 12.0. The van der Waals surface area contributed by atoms with Crippen molar-refractivity contribution in [1.82, 2.24) is 0 Å². The fraction of sp³-hybridized carbons (Fsp3) is 0.917. The molecule has 0 saturated heterocycles. The molecule has 73 valence electrons. The minimum absolute atomic E-state index is 0.909. The molecule has 0 aromatic carbocycles. The van der Waals surface area contributed by atoms with Crippen molar-refractivity contribution in [3.63, 3.8) is 0 Å². The van der Waals surface area contributed by atoms with Crippen LogP contribution in [0.3, 0.4) is 0 Å². The summed E-state index contributed by atoms with van der Waals surface area (Å²) in [6.45, 7) is 9.24. The maximum absolute atomic E-state index is 2.37. The second-order valence-corrected chi connectivity index (χ2v) is 4.16. The molecule has 1 unspecified atom stereocenters. The van der Waals surface area contributed by atoms with Gasteiger partial charge in [0.1, 0.15) is 0 Å². The van der Waals surface area contributed by atoms with Crippen molar-refractivity contribution in [2.75, 3.05) is 0 Å². The maximum Gasteiger partial charge on any atom is -0.0269 e. The third kappa shape index (κ3) is 6.69. The lowest BCUT2D eigenvalue weighted by Gasteiger charge is -2.15. The van der Waals surface area contributed by atoms with E-state index in [1.807, 2.05) is 0 Å². The SMILES string of the molecule is CCCC[C](C)CC(C)CCC. The monoisotopic (exact) mass is 169 g/mol. The predicted octanol–water partition coefficient (Wildman–Crippen LogP) is 4.60. The number of rotatable bonds is 7. The van der Waals surface area contributed by atoms with Gasteiger partial charge in [-0.25, -0.2) is 0 Å². The summed E-state index contributed by atoms with van der Waals surface area (Å²) in [5, 5.41) is 0. The second-order valence-electron chi connectivity index (χ2n) is 4.16. The van der Waals surface area contributed by atoms with Crippen molar-refractivity contribution < 1.29 is 0 Å². The Hall–Kier alpha value is 0. The summed E-state index contributed by atoms with van der Waals surface area (Å²) in [5.41, 5.74) is 0. The molecule has 0 N–H and O–H groups in total. The van der Waals surface area contributed by atoms with Crippen LogP contribution in [-0.4, -0.2) is 0 Å². The van der Waals surface area contributed by atoms with Gasteiger partial charge in [-0.15, -0.1) is 0 Å². The van der Waals surface area contributed by atoms with Crippen LogP contribution in [0.2, 0.25) is 0 Å². The average molecular weight is 169 g/mol. The van der Waals surface area contributed by atoms with E-state index in [4.69, 9.17) is 0 Å². The van der Waals surface area contributed by atoms with Crippen molar-refractivity contribution in [2.45, 2.75) is 66.2 Å². The second kappa shape index (κ2) is 7.64. The molecule has 0 aromatic rings. The minimum atomic E-state index is 0.909. The van der Waals surface area contributed by atoms with E-state index in [0.29, 0.717) is 0 Å². The van der Waals surface area contributed by atoms with Gasteiger partial charge in [-0.05, 0) is 24.7 Å². The van der Waals surface area contributed by atoms with Crippen LogP contribution in [0.5, 0.6) is 0 Å². The first-order valence-electron chi connectivity index (χ1n) is 5.52. The van der Waals surface area contributed by atoms with E-state index in [9.17, 15) is 0 Å². The number of unbranched alkanes of at least 4 members (excludes halogenated alkanes) is 1. The van der Waals surface area contributed by atoms with Gasteiger partial charge in [-0.1, -0.05) is 53.4 Å². The first-order valence-corrected chi connectivity index (χ1v) is 5.52. The molecule has 1 atom stereocenters. The quantitative estimate of drug-likeness (QED) is 0.522. The molecule has 0 aromatic heterocycles. The first-order chi connectivity index (χ1) is 5.70. The zero-order valence-corrected chi connectivity index (χ0v) is 9.32. The number of hydrogen-bond acceptors (Lipinski definition) is 0. The Morgan fingerprint density at radius 1 is 1.17 bits per heavy atom. The molecule has 0 saturated carbocycles. The third-order valence-electron chi connectivity index (χ3n) is 2.44. The Bertz CT molecular complexity index is 86.0. The van der Waals surface area contributed by atoms with Crippen LogP contribution in [0, 0.1) is 11.8 Å². The summed E-state index contributed by atoms with van der Waals surface area (Å²) in [4.78, 5) is 0. The van der Waals surface area contributed by atoms with E-state index in [1.54, 1.807) is 5.92 Å². The van der Waals surface area contributed by atoms with E-state index < -0.39 is 0 Å². The Kier molecular flexibility index (Phi) is 7.64. The van der Waals surface area contributed by atoms with E-state index in [-0.39, 0.29) is 0 Å². The van der Waals surface area contributed by atoms with Crippen LogP contribution in [-0.2, 0) is 0 Å². The summed E-state index contributed by atoms with van der Waals surface area (Å²) in [7, 11) is 0. The molecule has 0 aliphatic rings. The van der Waals surface area contributed by atoms with E-state index >= 15 is 0 Å². The van der Waals surface area contributed by atoms with Crippen molar-refractivity contribution in [3.8, 4) is 0 Å². The molecule has 0 fully saturated rings. The normalized spacial score (nSPS) is 13.8. The lowest BCUT2D eigenvalue weighted by Crippen LogP contribution is -2.01. The molecule has 0 heteroatoms. The van der Waals surface area contributed by atoms with E-state index in [0.717, 1.165) is 5.92 Å². The molecule has 0 nitrogen and oxygen atoms in total.